The van der Waals surface area contributed by atoms with Crippen LogP contribution in [0.5, 0.6) is 5.75 Å². The van der Waals surface area contributed by atoms with E-state index in [4.69, 9.17) is 9.47 Å². The molecule has 0 bridgehead atoms. The number of benzene rings is 2. The van der Waals surface area contributed by atoms with Crippen LogP contribution in [0.4, 0.5) is 10.5 Å². The van der Waals surface area contributed by atoms with Crippen molar-refractivity contribution in [2.75, 3.05) is 45.8 Å². The lowest BCUT2D eigenvalue weighted by Gasteiger charge is -2.21. The first-order valence-corrected chi connectivity index (χ1v) is 11.3. The molecule has 8 nitrogen and oxygen atoms in total. The van der Waals surface area contributed by atoms with Crippen LogP contribution in [-0.4, -0.2) is 62.4 Å². The van der Waals surface area contributed by atoms with Gasteiger partial charge in [-0.1, -0.05) is 30.3 Å². The standard InChI is InChI=1S/C26H29N5O3/c1-17-22(12-19-11-20(14-27)25(34-3)13-23(19)28-17)29-26(32)30-24-16-31(9-10-33-2)15-21(24)18-7-5-4-6-8-18/h4-8,11-13,21,24H,9-10,15-16H2,1-3H3,(H2,29,30,32)/t21-,24+/m0/s1. The van der Waals surface area contributed by atoms with Gasteiger partial charge >= 0.3 is 6.03 Å². The van der Waals surface area contributed by atoms with Gasteiger partial charge < -0.3 is 20.1 Å². The number of fused-ring (bicyclic) bond motifs is 1. The van der Waals surface area contributed by atoms with Crippen molar-refractivity contribution in [3.8, 4) is 11.8 Å². The molecule has 0 unspecified atom stereocenters. The van der Waals surface area contributed by atoms with E-state index in [0.717, 1.165) is 25.0 Å². The molecule has 1 aliphatic rings. The van der Waals surface area contributed by atoms with Crippen molar-refractivity contribution in [2.24, 2.45) is 0 Å². The first-order chi connectivity index (χ1) is 16.5. The third kappa shape index (κ3) is 5.11. The zero-order valence-electron chi connectivity index (χ0n) is 19.7. The van der Waals surface area contributed by atoms with E-state index in [9.17, 15) is 10.1 Å². The maximum Gasteiger partial charge on any atom is 0.319 e. The van der Waals surface area contributed by atoms with E-state index in [1.54, 1.807) is 19.2 Å². The van der Waals surface area contributed by atoms with E-state index in [0.29, 0.717) is 34.8 Å². The molecule has 1 aromatic heterocycles. The minimum absolute atomic E-state index is 0.0394. The summed E-state index contributed by atoms with van der Waals surface area (Å²) < 4.78 is 10.5. The Morgan fingerprint density at radius 2 is 2.00 bits per heavy atom. The van der Waals surface area contributed by atoms with Crippen molar-refractivity contribution in [3.63, 3.8) is 0 Å². The van der Waals surface area contributed by atoms with Gasteiger partial charge in [-0.15, -0.1) is 0 Å². The molecule has 0 spiro atoms. The van der Waals surface area contributed by atoms with Crippen molar-refractivity contribution in [2.45, 2.75) is 18.9 Å². The topological polar surface area (TPSA) is 99.5 Å². The number of methoxy groups -OCH3 is 2. The summed E-state index contributed by atoms with van der Waals surface area (Å²) in [5, 5.41) is 16.3. The molecule has 8 heteroatoms. The number of nitrogens with zero attached hydrogens (tertiary/aromatic N) is 3. The number of anilines is 1. The second kappa shape index (κ2) is 10.5. The predicted octanol–water partition coefficient (Wildman–Crippen LogP) is 3.66. The van der Waals surface area contributed by atoms with E-state index in [1.807, 2.05) is 31.2 Å². The second-order valence-electron chi connectivity index (χ2n) is 8.45. The molecule has 1 aliphatic heterocycles. The number of aryl methyl sites for hydroxylation is 1. The fourth-order valence-corrected chi connectivity index (χ4v) is 4.48. The van der Waals surface area contributed by atoms with Gasteiger partial charge in [-0.05, 0) is 24.6 Å². The van der Waals surface area contributed by atoms with Crippen LogP contribution in [-0.2, 0) is 4.74 Å². The van der Waals surface area contributed by atoms with Gasteiger partial charge in [0.25, 0.3) is 0 Å². The molecule has 1 saturated heterocycles. The van der Waals surface area contributed by atoms with Gasteiger partial charge in [-0.3, -0.25) is 9.88 Å². The Morgan fingerprint density at radius 1 is 1.21 bits per heavy atom. The zero-order chi connectivity index (χ0) is 24.1. The van der Waals surface area contributed by atoms with Crippen LogP contribution < -0.4 is 15.4 Å². The summed E-state index contributed by atoms with van der Waals surface area (Å²) in [6, 6.07) is 17.4. The monoisotopic (exact) mass is 459 g/mol. The third-order valence-corrected chi connectivity index (χ3v) is 6.25. The minimum Gasteiger partial charge on any atom is -0.495 e. The average Bonchev–Trinajstić information content (AvgIpc) is 3.25. The van der Waals surface area contributed by atoms with Crippen LogP contribution in [0.3, 0.4) is 0 Å². The average molecular weight is 460 g/mol. The minimum atomic E-state index is -0.280. The number of aromatic nitrogens is 1. The number of carbonyl (C=O) groups excluding carboxylic acids is 1. The molecule has 2 N–H and O–H groups in total. The summed E-state index contributed by atoms with van der Waals surface area (Å²) in [5.74, 6) is 0.664. The maximum atomic E-state index is 13.0. The molecule has 4 rings (SSSR count). The first-order valence-electron chi connectivity index (χ1n) is 11.3. The van der Waals surface area contributed by atoms with Crippen LogP contribution in [0, 0.1) is 18.3 Å². The van der Waals surface area contributed by atoms with E-state index < -0.39 is 0 Å². The normalized spacial score (nSPS) is 17.9. The number of carbonyl (C=O) groups is 1. The quantitative estimate of drug-likeness (QED) is 0.559. The van der Waals surface area contributed by atoms with E-state index >= 15 is 0 Å². The largest absolute Gasteiger partial charge is 0.495 e. The van der Waals surface area contributed by atoms with E-state index in [1.165, 1.54) is 12.7 Å². The number of likely N-dealkylation sites (tertiary alicyclic amines) is 1. The summed E-state index contributed by atoms with van der Waals surface area (Å²) in [6.45, 7) is 4.91. The van der Waals surface area contributed by atoms with Gasteiger partial charge in [0, 0.05) is 44.1 Å². The van der Waals surface area contributed by atoms with Crippen LogP contribution >= 0.6 is 0 Å². The Labute approximate surface area is 199 Å². The van der Waals surface area contributed by atoms with Crippen molar-refractivity contribution >= 4 is 22.6 Å². The Bertz CT molecular complexity index is 1210. The van der Waals surface area contributed by atoms with Crippen molar-refractivity contribution in [1.29, 1.82) is 5.26 Å². The van der Waals surface area contributed by atoms with Gasteiger partial charge in [0.2, 0.25) is 0 Å². The molecular formula is C26H29N5O3. The lowest BCUT2D eigenvalue weighted by molar-refractivity contribution is 0.159. The lowest BCUT2D eigenvalue weighted by atomic mass is 9.94. The van der Waals surface area contributed by atoms with Crippen LogP contribution in [0.25, 0.3) is 10.9 Å². The molecule has 2 atom stereocenters. The highest BCUT2D eigenvalue weighted by Gasteiger charge is 2.34. The lowest BCUT2D eigenvalue weighted by Crippen LogP contribution is -2.42. The van der Waals surface area contributed by atoms with Gasteiger partial charge in [0.15, 0.2) is 0 Å². The van der Waals surface area contributed by atoms with Crippen LogP contribution in [0.2, 0.25) is 0 Å². The summed E-state index contributed by atoms with van der Waals surface area (Å²) in [5.41, 5.74) is 3.61. The van der Waals surface area contributed by atoms with Crippen molar-refractivity contribution < 1.29 is 14.3 Å². The summed E-state index contributed by atoms with van der Waals surface area (Å²) in [7, 11) is 3.22. The number of hydrogen-bond acceptors (Lipinski definition) is 6. The molecule has 2 aromatic carbocycles. The molecule has 0 radical (unpaired) electrons. The third-order valence-electron chi connectivity index (χ3n) is 6.25. The summed E-state index contributed by atoms with van der Waals surface area (Å²) in [6.07, 6.45) is 0. The SMILES string of the molecule is COCCN1C[C@@H](NC(=O)Nc2cc3cc(C#N)c(OC)cc3nc2C)[C@H](c2ccccc2)C1. The number of hydrogen-bond donors (Lipinski definition) is 2. The van der Waals surface area contributed by atoms with Gasteiger partial charge in [-0.2, -0.15) is 5.26 Å². The number of urea groups is 1. The Kier molecular flexibility index (Phi) is 7.26. The molecule has 0 saturated carbocycles. The molecule has 1 fully saturated rings. The molecule has 34 heavy (non-hydrogen) atoms. The Morgan fingerprint density at radius 3 is 2.71 bits per heavy atom. The van der Waals surface area contributed by atoms with Gasteiger partial charge in [0.1, 0.15) is 11.8 Å². The molecule has 176 valence electrons. The highest BCUT2D eigenvalue weighted by Crippen LogP contribution is 2.29. The second-order valence-corrected chi connectivity index (χ2v) is 8.45. The fraction of sp³-hybridized carbons (Fsp3) is 0.346. The first kappa shape index (κ1) is 23.5. The number of pyridine rings is 1. The molecular weight excluding hydrogens is 430 g/mol. The van der Waals surface area contributed by atoms with Gasteiger partial charge in [-0.25, -0.2) is 4.79 Å². The molecule has 2 amide bonds. The Hall–Kier alpha value is -3.67. The summed E-state index contributed by atoms with van der Waals surface area (Å²) >= 11 is 0. The number of amides is 2. The smallest absolute Gasteiger partial charge is 0.319 e. The number of nitriles is 1. The number of nitrogens with one attached hydrogen (secondary N) is 2. The predicted molar refractivity (Wildman–Crippen MR) is 131 cm³/mol. The zero-order valence-corrected chi connectivity index (χ0v) is 19.7. The number of ether oxygens (including phenoxy) is 2. The molecule has 2 heterocycles. The van der Waals surface area contributed by atoms with Crippen LogP contribution in [0.1, 0.15) is 22.7 Å². The maximum absolute atomic E-state index is 13.0. The van der Waals surface area contributed by atoms with Crippen molar-refractivity contribution in [3.05, 3.63) is 65.4 Å². The number of rotatable bonds is 7. The fourth-order valence-electron chi connectivity index (χ4n) is 4.48. The molecule has 0 aliphatic carbocycles. The highest BCUT2D eigenvalue weighted by atomic mass is 16.5. The van der Waals surface area contributed by atoms with Gasteiger partial charge in [0.05, 0.1) is 42.2 Å². The Balaban J connectivity index is 1.52. The highest BCUT2D eigenvalue weighted by molar-refractivity contribution is 5.94. The van der Waals surface area contributed by atoms with Crippen molar-refractivity contribution in [1.82, 2.24) is 15.2 Å². The van der Waals surface area contributed by atoms with E-state index in [-0.39, 0.29) is 18.0 Å². The summed E-state index contributed by atoms with van der Waals surface area (Å²) in [4.78, 5) is 19.9. The van der Waals surface area contributed by atoms with E-state index in [2.05, 4.69) is 38.7 Å². The molecule has 3 aromatic rings. The van der Waals surface area contributed by atoms with Crippen LogP contribution in [0.15, 0.2) is 48.5 Å².